The second-order valence-electron chi connectivity index (χ2n) is 23.8. The number of rotatable bonds is 36. The van der Waals surface area contributed by atoms with Gasteiger partial charge in [-0.2, -0.15) is 0 Å². The Hall–Kier alpha value is -3.15. The van der Waals surface area contributed by atoms with E-state index in [9.17, 15) is 0 Å². The molecular formula is C84H84MoO12P6S12. The molecule has 0 heterocycles. The number of hydrogen-bond acceptors (Lipinski definition) is 24. The van der Waals surface area contributed by atoms with Crippen LogP contribution >= 0.6 is 34.2 Å². The van der Waals surface area contributed by atoms with Crippen LogP contribution in [0.3, 0.4) is 0 Å². The van der Waals surface area contributed by atoms with Crippen molar-refractivity contribution in [1.82, 2.24) is 0 Å². The molecular weight excluding hydrogens is 1870 g/mol. The van der Waals surface area contributed by atoms with Crippen molar-refractivity contribution < 1.29 is 75.4 Å². The minimum Gasteiger partial charge on any atom is -0.691 e. The quantitative estimate of drug-likeness (QED) is 0.0211. The SMILES string of the molecule is S=P([S-])(OCc1ccccc1)OCc1ccccc1.S=P([S-])(OCc1ccccc1)OCc1ccccc1.S=P([S-])(OCc1ccccc1)OCc1ccccc1.S=P([S-])(OCc1ccccc1)OCc1ccccc1.S=P([S-])(OCc1ccccc1)OCc1ccccc1.S=P([S-])(OCc1ccccc1)OCc1ccccc1.[Mo+6]. The molecule has 0 aliphatic carbocycles. The molecule has 115 heavy (non-hydrogen) atoms. The maximum Gasteiger partial charge on any atom is 6.00 e. The standard InChI is InChI=1S/6C14H15O2PS2.Mo/c6*18-17(19,15-11-13-7-3-1-4-8-13)16-12-14-9-5-2-6-10-14;/h6*1-10H,11-12H2,(H,18,19);/q;;;;;;+6/p-6. The van der Waals surface area contributed by atoms with Gasteiger partial charge in [-0.05, 0) is 66.8 Å². The van der Waals surface area contributed by atoms with Gasteiger partial charge < -0.3 is 128 Å². The van der Waals surface area contributed by atoms with E-state index in [0.29, 0.717) is 79.3 Å². The second-order valence-corrected chi connectivity index (χ2v) is 53.7. The predicted molar refractivity (Wildman–Crippen MR) is 505 cm³/mol. The summed E-state index contributed by atoms with van der Waals surface area (Å²) >= 11 is 62.7. The fraction of sp³-hybridized carbons (Fsp3) is 0.143. The molecule has 12 aromatic carbocycles. The average molecular weight is 1950 g/mol. The third-order valence-electron chi connectivity index (χ3n) is 14.8. The van der Waals surface area contributed by atoms with Gasteiger partial charge in [-0.1, -0.05) is 435 Å². The molecule has 0 bridgehead atoms. The third kappa shape index (κ3) is 48.3. The molecule has 0 saturated carbocycles. The van der Waals surface area contributed by atoms with E-state index < -0.39 is 34.2 Å². The summed E-state index contributed by atoms with van der Waals surface area (Å²) in [6, 6.07) is 118. The molecule has 0 fully saturated rings. The molecule has 0 N–H and O–H groups in total. The van der Waals surface area contributed by atoms with Gasteiger partial charge >= 0.3 is 21.1 Å². The Kier molecular flexibility index (Phi) is 50.1. The fourth-order valence-corrected chi connectivity index (χ4v) is 16.9. The molecule has 0 aliphatic heterocycles. The smallest absolute Gasteiger partial charge is 0.691 e. The zero-order valence-corrected chi connectivity index (χ0v) is 79.2. The van der Waals surface area contributed by atoms with Crippen LogP contribution < -0.4 is 0 Å². The zero-order valence-electron chi connectivity index (χ0n) is 62.0. The first-order valence-corrected chi connectivity index (χ1v) is 56.9. The van der Waals surface area contributed by atoms with Crippen molar-refractivity contribution in [1.29, 1.82) is 0 Å². The van der Waals surface area contributed by atoms with E-state index in [1.54, 1.807) is 0 Å². The van der Waals surface area contributed by atoms with Crippen molar-refractivity contribution in [3.05, 3.63) is 431 Å². The van der Waals surface area contributed by atoms with Crippen LogP contribution in [0.25, 0.3) is 0 Å². The normalized spacial score (nSPS) is 11.3. The van der Waals surface area contributed by atoms with E-state index in [1.807, 2.05) is 364 Å². The van der Waals surface area contributed by atoms with Crippen molar-refractivity contribution in [3.8, 4) is 0 Å². The van der Waals surface area contributed by atoms with E-state index in [1.165, 1.54) is 0 Å². The molecule has 12 rings (SSSR count). The average Bonchev–Trinajstić information content (AvgIpc) is 0.915. The van der Waals surface area contributed by atoms with E-state index in [4.69, 9.17) is 199 Å². The number of benzene rings is 12. The Bertz CT molecular complexity index is 3800. The number of hydrogen-bond donors (Lipinski definition) is 0. The molecule has 600 valence electrons. The largest absolute Gasteiger partial charge is 6.00 e. The first kappa shape index (κ1) is 101. The van der Waals surface area contributed by atoms with Crippen LogP contribution in [0.1, 0.15) is 66.8 Å². The summed E-state index contributed by atoms with van der Waals surface area (Å²) in [6.45, 7) is 4.79. The maximum atomic E-state index is 5.56. The van der Waals surface area contributed by atoms with Gasteiger partial charge in [0.2, 0.25) is 0 Å². The first-order valence-electron chi connectivity index (χ1n) is 35.0. The summed E-state index contributed by atoms with van der Waals surface area (Å²) in [4.78, 5) is 0. The molecule has 12 nitrogen and oxygen atoms in total. The second kappa shape index (κ2) is 57.3. The fourth-order valence-electron chi connectivity index (χ4n) is 8.96. The topological polar surface area (TPSA) is 111 Å². The van der Waals surface area contributed by atoms with Gasteiger partial charge in [-0.25, -0.2) is 0 Å². The van der Waals surface area contributed by atoms with Gasteiger partial charge in [0.05, 0.1) is 113 Å². The molecule has 0 radical (unpaired) electrons. The Balaban J connectivity index is 0.000000214. The summed E-state index contributed by atoms with van der Waals surface area (Å²) in [6.07, 6.45) is 0. The van der Waals surface area contributed by atoms with Gasteiger partial charge in [-0.3, -0.25) is 0 Å². The van der Waals surface area contributed by atoms with Crippen LogP contribution in [0, 0.1) is 0 Å². The summed E-state index contributed by atoms with van der Waals surface area (Å²) < 4.78 is 66.7. The first-order chi connectivity index (χ1) is 54.9. The van der Waals surface area contributed by atoms with E-state index >= 15 is 0 Å². The summed E-state index contributed by atoms with van der Waals surface area (Å²) in [5, 5.41) is 0. The molecule has 31 heteroatoms. The van der Waals surface area contributed by atoms with E-state index in [0.717, 1.165) is 66.8 Å². The molecule has 0 aromatic heterocycles. The van der Waals surface area contributed by atoms with Gasteiger partial charge in [-0.15, -0.1) is 0 Å². The van der Waals surface area contributed by atoms with Crippen LogP contribution in [-0.2, 0) is 299 Å². The Labute approximate surface area is 755 Å². The zero-order chi connectivity index (χ0) is 81.3. The minimum atomic E-state index is -2.61. The Morgan fingerprint density at radius 1 is 0.139 bits per heavy atom. The molecule has 0 saturated heterocycles. The predicted octanol–water partition coefficient (Wildman–Crippen LogP) is 25.1. The molecule has 0 spiro atoms. The molecule has 12 aromatic rings. The van der Waals surface area contributed by atoms with E-state index in [2.05, 4.69) is 0 Å². The monoisotopic (exact) mass is 1950 g/mol. The van der Waals surface area contributed by atoms with E-state index in [-0.39, 0.29) is 21.1 Å². The van der Waals surface area contributed by atoms with Gasteiger partial charge in [0, 0.05) is 0 Å². The third-order valence-corrected chi connectivity index (χ3v) is 27.7. The Morgan fingerprint density at radius 2 is 0.200 bits per heavy atom. The van der Waals surface area contributed by atoms with Crippen LogP contribution in [0.5, 0.6) is 0 Å². The van der Waals surface area contributed by atoms with Crippen molar-refractivity contribution in [3.63, 3.8) is 0 Å². The van der Waals surface area contributed by atoms with Crippen molar-refractivity contribution in [2.75, 3.05) is 0 Å². The van der Waals surface area contributed by atoms with Crippen LogP contribution in [-0.4, -0.2) is 0 Å². The summed E-state index contributed by atoms with van der Waals surface area (Å²) in [5.74, 6) is 0. The maximum absolute atomic E-state index is 5.56. The van der Waals surface area contributed by atoms with Gasteiger partial charge in [0.25, 0.3) is 0 Å². The van der Waals surface area contributed by atoms with Crippen LogP contribution in [0.4, 0.5) is 0 Å². The molecule has 0 unspecified atom stereocenters. The van der Waals surface area contributed by atoms with Gasteiger partial charge in [0.15, 0.2) is 0 Å². The summed E-state index contributed by atoms with van der Waals surface area (Å²) in [5.41, 5.74) is -3.09. The van der Waals surface area contributed by atoms with Crippen molar-refractivity contribution in [2.45, 2.75) is 79.3 Å². The molecule has 0 atom stereocenters. The van der Waals surface area contributed by atoms with Crippen molar-refractivity contribution >= 4 is 178 Å². The minimum absolute atomic E-state index is 0. The molecule has 0 amide bonds. The summed E-state index contributed by atoms with van der Waals surface area (Å²) in [7, 11) is 0. The van der Waals surface area contributed by atoms with Crippen LogP contribution in [0.15, 0.2) is 364 Å². The Morgan fingerprint density at radius 3 is 0.261 bits per heavy atom. The molecule has 0 aliphatic rings. The van der Waals surface area contributed by atoms with Crippen LogP contribution in [0.2, 0.25) is 0 Å². The van der Waals surface area contributed by atoms with Gasteiger partial charge in [0.1, 0.15) is 0 Å². The van der Waals surface area contributed by atoms with Crippen molar-refractivity contribution in [2.24, 2.45) is 0 Å².